The molecule has 1 aromatic carbocycles. The first-order chi connectivity index (χ1) is 10.0. The number of carbonyl (C=O) groups excluding carboxylic acids is 1. The number of allylic oxidation sites excluding steroid dienone is 1. The molecule has 0 fully saturated rings. The minimum atomic E-state index is -0.543. The third kappa shape index (κ3) is 4.74. The Kier molecular flexibility index (Phi) is 6.66. The zero-order valence-electron chi connectivity index (χ0n) is 13.1. The van der Waals surface area contributed by atoms with E-state index in [-0.39, 0.29) is 17.9 Å². The fraction of sp³-hybridized carbons (Fsp3) is 0.412. The third-order valence-corrected chi connectivity index (χ3v) is 3.06. The summed E-state index contributed by atoms with van der Waals surface area (Å²) in [5, 5.41) is 10.0. The van der Waals surface area contributed by atoms with Gasteiger partial charge in [-0.05, 0) is 38.3 Å². The second-order valence-electron chi connectivity index (χ2n) is 4.83. The Morgan fingerprint density at radius 2 is 1.90 bits per heavy atom. The van der Waals surface area contributed by atoms with Gasteiger partial charge in [0.15, 0.2) is 0 Å². The number of hydrogen-bond donors (Lipinski definition) is 1. The Morgan fingerprint density at radius 3 is 2.43 bits per heavy atom. The van der Waals surface area contributed by atoms with E-state index in [9.17, 15) is 9.90 Å². The van der Waals surface area contributed by atoms with Gasteiger partial charge in [0.25, 0.3) is 0 Å². The van der Waals surface area contributed by atoms with Crippen molar-refractivity contribution in [3.8, 4) is 0 Å². The summed E-state index contributed by atoms with van der Waals surface area (Å²) in [4.78, 5) is 16.3. The van der Waals surface area contributed by atoms with E-state index < -0.39 is 5.97 Å². The molecule has 0 unspecified atom stereocenters. The van der Waals surface area contributed by atoms with E-state index in [1.807, 2.05) is 39.0 Å². The summed E-state index contributed by atoms with van der Waals surface area (Å²) in [5.41, 5.74) is 2.97. The van der Waals surface area contributed by atoms with Crippen molar-refractivity contribution in [2.45, 2.75) is 40.5 Å². The first kappa shape index (κ1) is 17.0. The Bertz CT molecular complexity index is 539. The van der Waals surface area contributed by atoms with Gasteiger partial charge in [0.05, 0.1) is 12.3 Å². The molecule has 0 saturated carbocycles. The number of aryl methyl sites for hydroxylation is 2. The van der Waals surface area contributed by atoms with Crippen LogP contribution in [-0.4, -0.2) is 23.9 Å². The van der Waals surface area contributed by atoms with Gasteiger partial charge in [-0.2, -0.15) is 0 Å². The summed E-state index contributed by atoms with van der Waals surface area (Å²) in [6.45, 7) is 7.84. The maximum Gasteiger partial charge on any atom is 0.343 e. The van der Waals surface area contributed by atoms with E-state index in [4.69, 9.17) is 4.74 Å². The lowest BCUT2D eigenvalue weighted by molar-refractivity contribution is -0.138. The SMILES string of the molecule is CCC/C(O)=C(/C=Nc1c(C)cccc1C)C(=O)OCC. The molecule has 4 nitrogen and oxygen atoms in total. The van der Waals surface area contributed by atoms with Gasteiger partial charge >= 0.3 is 5.97 Å². The summed E-state index contributed by atoms with van der Waals surface area (Å²) < 4.78 is 4.97. The molecular formula is C17H23NO3. The molecule has 21 heavy (non-hydrogen) atoms. The number of rotatable bonds is 6. The summed E-state index contributed by atoms with van der Waals surface area (Å²) in [6.07, 6.45) is 2.57. The van der Waals surface area contributed by atoms with E-state index in [0.717, 1.165) is 23.2 Å². The van der Waals surface area contributed by atoms with E-state index in [2.05, 4.69) is 4.99 Å². The van der Waals surface area contributed by atoms with Crippen LogP contribution in [0.3, 0.4) is 0 Å². The van der Waals surface area contributed by atoms with Crippen LogP contribution < -0.4 is 0 Å². The van der Waals surface area contributed by atoms with Crippen LogP contribution in [0.15, 0.2) is 34.5 Å². The van der Waals surface area contributed by atoms with Crippen molar-refractivity contribution in [2.75, 3.05) is 6.61 Å². The minimum absolute atomic E-state index is 0.0194. The monoisotopic (exact) mass is 289 g/mol. The van der Waals surface area contributed by atoms with Crippen LogP contribution in [0.2, 0.25) is 0 Å². The van der Waals surface area contributed by atoms with E-state index in [1.54, 1.807) is 6.92 Å². The molecule has 1 rings (SSSR count). The normalized spacial score (nSPS) is 12.4. The predicted octanol–water partition coefficient (Wildman–Crippen LogP) is 4.18. The standard InChI is InChI=1S/C17H23NO3/c1-5-8-15(19)14(17(20)21-6-2)11-18-16-12(3)9-7-10-13(16)4/h7,9-11,19H,5-6,8H2,1-4H3/b15-14+,18-11?. The quantitative estimate of drug-likeness (QED) is 0.370. The van der Waals surface area contributed by atoms with Crippen LogP contribution >= 0.6 is 0 Å². The Morgan fingerprint density at radius 1 is 1.29 bits per heavy atom. The Labute approximate surface area is 126 Å². The molecule has 0 aliphatic rings. The maximum atomic E-state index is 11.9. The molecule has 0 bridgehead atoms. The molecule has 0 heterocycles. The van der Waals surface area contributed by atoms with Crippen molar-refractivity contribution in [2.24, 2.45) is 4.99 Å². The number of aliphatic hydroxyl groups excluding tert-OH is 1. The Hall–Kier alpha value is -2.10. The number of para-hydroxylation sites is 1. The van der Waals surface area contributed by atoms with Gasteiger partial charge in [0, 0.05) is 12.6 Å². The first-order valence-corrected chi connectivity index (χ1v) is 7.20. The zero-order valence-corrected chi connectivity index (χ0v) is 13.1. The maximum absolute atomic E-state index is 11.9. The molecule has 1 N–H and O–H groups in total. The summed E-state index contributed by atoms with van der Waals surface area (Å²) in [6, 6.07) is 5.87. The molecule has 0 amide bonds. The highest BCUT2D eigenvalue weighted by atomic mass is 16.5. The average Bonchev–Trinajstić information content (AvgIpc) is 2.42. The van der Waals surface area contributed by atoms with Crippen LogP contribution in [0.4, 0.5) is 5.69 Å². The van der Waals surface area contributed by atoms with Crippen molar-refractivity contribution >= 4 is 17.9 Å². The molecular weight excluding hydrogens is 266 g/mol. The molecule has 0 spiro atoms. The summed E-state index contributed by atoms with van der Waals surface area (Å²) in [5.74, 6) is -0.524. The van der Waals surface area contributed by atoms with Gasteiger partial charge in [-0.15, -0.1) is 0 Å². The molecule has 4 heteroatoms. The number of aliphatic imine (C=N–C) groups is 1. The topological polar surface area (TPSA) is 58.9 Å². The highest BCUT2D eigenvalue weighted by molar-refractivity contribution is 6.10. The molecule has 0 atom stereocenters. The fourth-order valence-electron chi connectivity index (χ4n) is 1.96. The minimum Gasteiger partial charge on any atom is -0.511 e. The van der Waals surface area contributed by atoms with Crippen LogP contribution in [0, 0.1) is 13.8 Å². The van der Waals surface area contributed by atoms with Gasteiger partial charge in [0.1, 0.15) is 11.3 Å². The highest BCUT2D eigenvalue weighted by Gasteiger charge is 2.14. The van der Waals surface area contributed by atoms with Gasteiger partial charge in [-0.3, -0.25) is 4.99 Å². The lowest BCUT2D eigenvalue weighted by Gasteiger charge is -2.07. The lowest BCUT2D eigenvalue weighted by Crippen LogP contribution is -2.11. The third-order valence-electron chi connectivity index (χ3n) is 3.06. The van der Waals surface area contributed by atoms with E-state index in [1.165, 1.54) is 6.21 Å². The molecule has 0 aromatic heterocycles. The van der Waals surface area contributed by atoms with Gasteiger partial charge in [-0.25, -0.2) is 4.79 Å². The molecule has 0 radical (unpaired) electrons. The lowest BCUT2D eigenvalue weighted by atomic mass is 10.1. The Balaban J connectivity index is 3.15. The van der Waals surface area contributed by atoms with Crippen LogP contribution in [0.5, 0.6) is 0 Å². The fourth-order valence-corrected chi connectivity index (χ4v) is 1.96. The molecule has 1 aromatic rings. The predicted molar refractivity (Wildman–Crippen MR) is 85.3 cm³/mol. The highest BCUT2D eigenvalue weighted by Crippen LogP contribution is 2.23. The van der Waals surface area contributed by atoms with Crippen molar-refractivity contribution < 1.29 is 14.6 Å². The van der Waals surface area contributed by atoms with Gasteiger partial charge in [0.2, 0.25) is 0 Å². The van der Waals surface area contributed by atoms with Crippen LogP contribution in [0.1, 0.15) is 37.8 Å². The van der Waals surface area contributed by atoms with E-state index >= 15 is 0 Å². The molecule has 0 saturated heterocycles. The van der Waals surface area contributed by atoms with Crippen molar-refractivity contribution in [3.63, 3.8) is 0 Å². The number of benzene rings is 1. The average molecular weight is 289 g/mol. The second kappa shape index (κ2) is 8.25. The van der Waals surface area contributed by atoms with Gasteiger partial charge in [-0.1, -0.05) is 25.1 Å². The smallest absolute Gasteiger partial charge is 0.343 e. The van der Waals surface area contributed by atoms with E-state index in [0.29, 0.717) is 6.42 Å². The second-order valence-corrected chi connectivity index (χ2v) is 4.83. The number of esters is 1. The molecule has 0 aliphatic carbocycles. The number of ether oxygens (including phenoxy) is 1. The van der Waals surface area contributed by atoms with Crippen LogP contribution in [0.25, 0.3) is 0 Å². The summed E-state index contributed by atoms with van der Waals surface area (Å²) in [7, 11) is 0. The first-order valence-electron chi connectivity index (χ1n) is 7.20. The van der Waals surface area contributed by atoms with Gasteiger partial charge < -0.3 is 9.84 Å². The molecule has 114 valence electrons. The zero-order chi connectivity index (χ0) is 15.8. The summed E-state index contributed by atoms with van der Waals surface area (Å²) >= 11 is 0. The number of hydrogen-bond acceptors (Lipinski definition) is 4. The largest absolute Gasteiger partial charge is 0.511 e. The van der Waals surface area contributed by atoms with Crippen molar-refractivity contribution in [3.05, 3.63) is 40.7 Å². The van der Waals surface area contributed by atoms with Crippen molar-refractivity contribution in [1.29, 1.82) is 0 Å². The number of aliphatic hydroxyl groups is 1. The van der Waals surface area contributed by atoms with Crippen LogP contribution in [-0.2, 0) is 9.53 Å². The molecule has 0 aliphatic heterocycles. The van der Waals surface area contributed by atoms with Crippen molar-refractivity contribution in [1.82, 2.24) is 0 Å². The number of nitrogens with zero attached hydrogens (tertiary/aromatic N) is 1. The number of carbonyl (C=O) groups is 1.